The first kappa shape index (κ1) is 26.2. The van der Waals surface area contributed by atoms with Gasteiger partial charge < -0.3 is 4.74 Å². The third-order valence-electron chi connectivity index (χ3n) is 11.2. The largest absolute Gasteiger partial charge is 0.489 e. The molecular weight excluding hydrogens is 581 g/mol. The monoisotopic (exact) mass is 610 g/mol. The zero-order valence-electron chi connectivity index (χ0n) is 26.3. The van der Waals surface area contributed by atoms with Gasteiger partial charge in [0.05, 0.1) is 5.41 Å². The van der Waals surface area contributed by atoms with Crippen molar-refractivity contribution in [3.05, 3.63) is 186 Å². The van der Waals surface area contributed by atoms with Crippen LogP contribution >= 0.6 is 0 Å². The molecular formula is C47H30O. The van der Waals surface area contributed by atoms with Gasteiger partial charge in [0.15, 0.2) is 0 Å². The van der Waals surface area contributed by atoms with Crippen LogP contribution < -0.4 is 4.74 Å². The molecule has 4 aliphatic rings. The van der Waals surface area contributed by atoms with E-state index in [1.165, 1.54) is 88.7 Å². The minimum Gasteiger partial charge on any atom is -0.489 e. The highest BCUT2D eigenvalue weighted by atomic mass is 16.5. The topological polar surface area (TPSA) is 9.23 Å². The number of ether oxygens (including phenoxy) is 1. The highest BCUT2D eigenvalue weighted by Gasteiger charge is 2.52. The minimum absolute atomic E-state index is 0.413. The smallest absolute Gasteiger partial charge is 0.131 e. The van der Waals surface area contributed by atoms with Crippen molar-refractivity contribution in [2.75, 3.05) is 6.61 Å². The van der Waals surface area contributed by atoms with Crippen LogP contribution in [0.5, 0.6) is 5.75 Å². The van der Waals surface area contributed by atoms with Crippen molar-refractivity contribution in [1.82, 2.24) is 0 Å². The number of hydrogen-bond acceptors (Lipinski definition) is 1. The molecule has 0 saturated carbocycles. The van der Waals surface area contributed by atoms with Crippen LogP contribution in [0, 0.1) is 0 Å². The van der Waals surface area contributed by atoms with Crippen LogP contribution in [-0.4, -0.2) is 6.61 Å². The van der Waals surface area contributed by atoms with E-state index in [1.54, 1.807) is 0 Å². The molecule has 1 heterocycles. The van der Waals surface area contributed by atoms with E-state index in [4.69, 9.17) is 4.74 Å². The Morgan fingerprint density at radius 3 is 2.00 bits per heavy atom. The summed E-state index contributed by atoms with van der Waals surface area (Å²) in [5, 5.41) is 2.73. The van der Waals surface area contributed by atoms with Crippen molar-refractivity contribution < 1.29 is 4.74 Å². The van der Waals surface area contributed by atoms with E-state index in [2.05, 4.69) is 158 Å². The molecule has 1 atom stereocenters. The predicted octanol–water partition coefficient (Wildman–Crippen LogP) is 11.5. The third kappa shape index (κ3) is 3.21. The fraction of sp³-hybridized carbons (Fsp3) is 0.0638. The molecule has 224 valence electrons. The van der Waals surface area contributed by atoms with Crippen LogP contribution in [-0.2, 0) is 11.8 Å². The Hall–Kier alpha value is -5.92. The van der Waals surface area contributed by atoms with Crippen molar-refractivity contribution in [3.8, 4) is 61.4 Å². The number of fused-ring (bicyclic) bond motifs is 15. The van der Waals surface area contributed by atoms with Crippen LogP contribution in [0.4, 0.5) is 0 Å². The van der Waals surface area contributed by atoms with Gasteiger partial charge in [-0.3, -0.25) is 0 Å². The zero-order valence-corrected chi connectivity index (χ0v) is 26.3. The Kier molecular flexibility index (Phi) is 5.21. The van der Waals surface area contributed by atoms with Crippen molar-refractivity contribution in [2.24, 2.45) is 0 Å². The summed E-state index contributed by atoms with van der Waals surface area (Å²) in [6.07, 6.45) is 9.32. The molecule has 7 aromatic rings. The number of hydrogen-bond donors (Lipinski definition) is 0. The van der Waals surface area contributed by atoms with Gasteiger partial charge >= 0.3 is 0 Å². The Morgan fingerprint density at radius 2 is 1.12 bits per heavy atom. The van der Waals surface area contributed by atoms with Gasteiger partial charge in [-0.15, -0.1) is 0 Å². The van der Waals surface area contributed by atoms with Crippen molar-refractivity contribution in [3.63, 3.8) is 0 Å². The maximum atomic E-state index is 6.44. The van der Waals surface area contributed by atoms with Crippen LogP contribution in [0.1, 0.15) is 27.8 Å². The van der Waals surface area contributed by atoms with Crippen LogP contribution in [0.25, 0.3) is 66.4 Å². The Bertz CT molecular complexity index is 2600. The summed E-state index contributed by atoms with van der Waals surface area (Å²) in [6.45, 7) is 0.555. The number of benzene rings is 7. The van der Waals surface area contributed by atoms with E-state index in [9.17, 15) is 0 Å². The van der Waals surface area contributed by atoms with Crippen molar-refractivity contribution >= 4 is 10.8 Å². The molecule has 1 nitrogen and oxygen atoms in total. The summed E-state index contributed by atoms with van der Waals surface area (Å²) in [7, 11) is 0. The Labute approximate surface area is 280 Å². The van der Waals surface area contributed by atoms with Gasteiger partial charge in [-0.05, 0) is 113 Å². The molecule has 3 aliphatic carbocycles. The van der Waals surface area contributed by atoms with E-state index in [0.29, 0.717) is 6.61 Å². The summed E-state index contributed by atoms with van der Waals surface area (Å²) in [4.78, 5) is 0. The number of para-hydroxylation sites is 1. The molecule has 0 bridgehead atoms. The molecule has 0 radical (unpaired) electrons. The van der Waals surface area contributed by atoms with Gasteiger partial charge in [0.2, 0.25) is 0 Å². The highest BCUT2D eigenvalue weighted by molar-refractivity contribution is 6.21. The second-order valence-corrected chi connectivity index (χ2v) is 13.4. The van der Waals surface area contributed by atoms with Crippen LogP contribution in [0.2, 0.25) is 0 Å². The van der Waals surface area contributed by atoms with E-state index < -0.39 is 5.41 Å². The number of rotatable bonds is 1. The number of allylic oxidation sites excluding steroid dienone is 3. The van der Waals surface area contributed by atoms with Gasteiger partial charge in [-0.1, -0.05) is 140 Å². The molecule has 1 spiro atoms. The SMILES string of the molecule is C1=C\COc2c(cccc2-c2ccc3c(c2)-c2ccccc2C32c3ccccc3-c3c2cc2c4c(cccc34)-c3ccccc3-2)C\C=C/1. The maximum absolute atomic E-state index is 6.44. The average Bonchev–Trinajstić information content (AvgIpc) is 3.77. The minimum atomic E-state index is -0.413. The molecule has 0 fully saturated rings. The molecule has 1 unspecified atom stereocenters. The average molecular weight is 611 g/mol. The van der Waals surface area contributed by atoms with E-state index in [1.807, 2.05) is 0 Å². The first-order valence-corrected chi connectivity index (χ1v) is 16.9. The summed E-state index contributed by atoms with van der Waals surface area (Å²) in [5.41, 5.74) is 19.3. The summed E-state index contributed by atoms with van der Waals surface area (Å²) < 4.78 is 6.44. The second-order valence-electron chi connectivity index (χ2n) is 13.4. The van der Waals surface area contributed by atoms with E-state index >= 15 is 0 Å². The molecule has 1 heteroatoms. The first-order valence-electron chi connectivity index (χ1n) is 16.9. The van der Waals surface area contributed by atoms with Gasteiger partial charge in [0.25, 0.3) is 0 Å². The standard InChI is InChI=1S/C47H30O/c1-2-10-26-48-46-29(13-3-1)14-11-19-31(46)30-24-25-42-38(27-30)34-17-6-8-22-40(34)47(42)41-23-9-7-18-36(41)45-37-21-12-20-35-32-15-4-5-16-33(32)39(44(35)37)28-43(45)47/h1-12,14-25,27-28H,13,26H2/b3-1-,10-2-. The molecule has 1 aliphatic heterocycles. The Morgan fingerprint density at radius 1 is 0.458 bits per heavy atom. The fourth-order valence-electron chi connectivity index (χ4n) is 9.35. The summed E-state index contributed by atoms with van der Waals surface area (Å²) in [5.74, 6) is 0.982. The Balaban J connectivity index is 1.22. The fourth-order valence-corrected chi connectivity index (χ4v) is 9.35. The molecule has 11 rings (SSSR count). The van der Waals surface area contributed by atoms with Gasteiger partial charge in [-0.2, -0.15) is 0 Å². The molecule has 7 aromatic carbocycles. The van der Waals surface area contributed by atoms with Gasteiger partial charge in [0.1, 0.15) is 12.4 Å². The zero-order chi connectivity index (χ0) is 31.4. The van der Waals surface area contributed by atoms with E-state index in [0.717, 1.165) is 17.7 Å². The van der Waals surface area contributed by atoms with Crippen molar-refractivity contribution in [2.45, 2.75) is 11.8 Å². The highest BCUT2D eigenvalue weighted by Crippen LogP contribution is 2.65. The molecule has 48 heavy (non-hydrogen) atoms. The predicted molar refractivity (Wildman–Crippen MR) is 198 cm³/mol. The lowest BCUT2D eigenvalue weighted by molar-refractivity contribution is 0.361. The summed E-state index contributed by atoms with van der Waals surface area (Å²) >= 11 is 0. The lowest BCUT2D eigenvalue weighted by atomic mass is 9.70. The lowest BCUT2D eigenvalue weighted by Gasteiger charge is -2.31. The van der Waals surface area contributed by atoms with E-state index in [-0.39, 0.29) is 0 Å². The quantitative estimate of drug-likeness (QED) is 0.180. The molecule has 0 saturated heterocycles. The summed E-state index contributed by atoms with van der Waals surface area (Å²) in [6, 6.07) is 50.4. The van der Waals surface area contributed by atoms with Crippen molar-refractivity contribution in [1.29, 1.82) is 0 Å². The maximum Gasteiger partial charge on any atom is 0.131 e. The third-order valence-corrected chi connectivity index (χ3v) is 11.2. The van der Waals surface area contributed by atoms with Gasteiger partial charge in [-0.25, -0.2) is 0 Å². The molecule has 0 amide bonds. The second kappa shape index (κ2) is 9.56. The van der Waals surface area contributed by atoms with Crippen LogP contribution in [0.15, 0.2) is 158 Å². The lowest BCUT2D eigenvalue weighted by Crippen LogP contribution is -2.25. The van der Waals surface area contributed by atoms with Gasteiger partial charge in [0, 0.05) is 5.56 Å². The van der Waals surface area contributed by atoms with Crippen LogP contribution in [0.3, 0.4) is 0 Å². The normalized spacial score (nSPS) is 18.4. The first-order chi connectivity index (χ1) is 23.8. The molecule has 0 aromatic heterocycles. The molecule has 0 N–H and O–H groups in total.